The maximum atomic E-state index is 10.7. The summed E-state index contributed by atoms with van der Waals surface area (Å²) in [6, 6.07) is 5.75. The van der Waals surface area contributed by atoms with E-state index in [1.165, 1.54) is 0 Å². The number of imidazole rings is 1. The Hall–Kier alpha value is -1.56. The fourth-order valence-corrected chi connectivity index (χ4v) is 2.32. The third-order valence-corrected chi connectivity index (χ3v) is 3.49. The minimum absolute atomic E-state index is 0.503. The summed E-state index contributed by atoms with van der Waals surface area (Å²) in [6.07, 6.45) is 0.574. The minimum Gasteiger partial charge on any atom is -0.465 e. The summed E-state index contributed by atoms with van der Waals surface area (Å²) >= 11 is 3.39. The number of nitrogens with zero attached hydrogens (tertiary/aromatic N) is 1. The zero-order valence-electron chi connectivity index (χ0n) is 8.83. The van der Waals surface area contributed by atoms with Gasteiger partial charge in [0.05, 0.1) is 11.0 Å². The first kappa shape index (κ1) is 10.6. The van der Waals surface area contributed by atoms with Gasteiger partial charge in [0.15, 0.2) is 0 Å². The minimum atomic E-state index is -1.01. The number of benzene rings is 1. The van der Waals surface area contributed by atoms with Crippen LogP contribution >= 0.6 is 15.9 Å². The van der Waals surface area contributed by atoms with E-state index in [0.717, 1.165) is 28.3 Å². The van der Waals surface area contributed by atoms with E-state index < -0.39 is 11.6 Å². The molecule has 88 valence electrons. The second kappa shape index (κ2) is 3.46. The van der Waals surface area contributed by atoms with Crippen LogP contribution in [0.1, 0.15) is 18.7 Å². The number of carbonyl (C=O) groups is 1. The summed E-state index contributed by atoms with van der Waals surface area (Å²) < 4.78 is 0.969. The fraction of sp³-hybridized carbons (Fsp3) is 0.273. The Morgan fingerprint density at radius 2 is 2.29 bits per heavy atom. The molecular weight excluding hydrogens is 286 g/mol. The SMILES string of the molecule is O=C(O)NC1(c2nc3ccc(Br)cc3[nH]2)CC1. The van der Waals surface area contributed by atoms with Crippen LogP contribution in [0.25, 0.3) is 11.0 Å². The van der Waals surface area contributed by atoms with E-state index in [2.05, 4.69) is 31.2 Å². The Labute approximate surface area is 105 Å². The third-order valence-electron chi connectivity index (χ3n) is 2.99. The van der Waals surface area contributed by atoms with Gasteiger partial charge in [-0.05, 0) is 31.0 Å². The van der Waals surface area contributed by atoms with Crippen molar-refractivity contribution in [2.24, 2.45) is 0 Å². The van der Waals surface area contributed by atoms with Crippen molar-refractivity contribution in [2.45, 2.75) is 18.4 Å². The van der Waals surface area contributed by atoms with Gasteiger partial charge in [0.2, 0.25) is 0 Å². The summed E-state index contributed by atoms with van der Waals surface area (Å²) in [5.74, 6) is 0.702. The van der Waals surface area contributed by atoms with Gasteiger partial charge in [-0.2, -0.15) is 0 Å². The lowest BCUT2D eigenvalue weighted by molar-refractivity contribution is 0.187. The molecule has 0 unspecified atom stereocenters. The fourth-order valence-electron chi connectivity index (χ4n) is 1.96. The van der Waals surface area contributed by atoms with Crippen molar-refractivity contribution < 1.29 is 9.90 Å². The number of rotatable bonds is 2. The lowest BCUT2D eigenvalue weighted by atomic mass is 10.2. The topological polar surface area (TPSA) is 78.0 Å². The molecule has 1 aliphatic carbocycles. The number of hydrogen-bond donors (Lipinski definition) is 3. The molecule has 1 saturated carbocycles. The first-order valence-corrected chi connectivity index (χ1v) is 6.05. The quantitative estimate of drug-likeness (QED) is 0.797. The highest BCUT2D eigenvalue weighted by atomic mass is 79.9. The highest BCUT2D eigenvalue weighted by molar-refractivity contribution is 9.10. The Balaban J connectivity index is 2.04. The predicted octanol–water partition coefficient (Wildman–Crippen LogP) is 2.58. The van der Waals surface area contributed by atoms with Gasteiger partial charge in [0.1, 0.15) is 11.4 Å². The van der Waals surface area contributed by atoms with E-state index in [1.807, 2.05) is 18.2 Å². The maximum Gasteiger partial charge on any atom is 0.405 e. The van der Waals surface area contributed by atoms with Gasteiger partial charge in [0.25, 0.3) is 0 Å². The molecule has 1 aromatic carbocycles. The number of aromatic nitrogens is 2. The van der Waals surface area contributed by atoms with Crippen LogP contribution in [0.15, 0.2) is 22.7 Å². The van der Waals surface area contributed by atoms with Crippen molar-refractivity contribution in [3.63, 3.8) is 0 Å². The van der Waals surface area contributed by atoms with Crippen LogP contribution in [0.4, 0.5) is 4.79 Å². The van der Waals surface area contributed by atoms with E-state index >= 15 is 0 Å². The number of amides is 1. The molecule has 0 radical (unpaired) electrons. The maximum absolute atomic E-state index is 10.7. The van der Waals surface area contributed by atoms with Crippen LogP contribution in [-0.4, -0.2) is 21.2 Å². The van der Waals surface area contributed by atoms with Crippen LogP contribution in [0.2, 0.25) is 0 Å². The van der Waals surface area contributed by atoms with Gasteiger partial charge in [0, 0.05) is 4.47 Å². The van der Waals surface area contributed by atoms with E-state index in [-0.39, 0.29) is 0 Å². The smallest absolute Gasteiger partial charge is 0.405 e. The molecule has 1 aliphatic rings. The molecule has 17 heavy (non-hydrogen) atoms. The highest BCUT2D eigenvalue weighted by Crippen LogP contribution is 2.44. The van der Waals surface area contributed by atoms with Crippen molar-refractivity contribution in [1.29, 1.82) is 0 Å². The van der Waals surface area contributed by atoms with Gasteiger partial charge in [-0.3, -0.25) is 0 Å². The highest BCUT2D eigenvalue weighted by Gasteiger charge is 2.48. The van der Waals surface area contributed by atoms with E-state index in [0.29, 0.717) is 5.82 Å². The predicted molar refractivity (Wildman–Crippen MR) is 65.9 cm³/mol. The van der Waals surface area contributed by atoms with Crippen LogP contribution in [0.5, 0.6) is 0 Å². The number of carboxylic acid groups (broad SMARTS) is 1. The van der Waals surface area contributed by atoms with Crippen molar-refractivity contribution in [3.8, 4) is 0 Å². The summed E-state index contributed by atoms with van der Waals surface area (Å²) in [5.41, 5.74) is 1.26. The lowest BCUT2D eigenvalue weighted by Crippen LogP contribution is -2.34. The van der Waals surface area contributed by atoms with Crippen molar-refractivity contribution in [3.05, 3.63) is 28.5 Å². The monoisotopic (exact) mass is 295 g/mol. The molecule has 6 heteroatoms. The number of H-pyrrole nitrogens is 1. The van der Waals surface area contributed by atoms with Gasteiger partial charge in [-0.1, -0.05) is 15.9 Å². The molecule has 0 saturated heterocycles. The van der Waals surface area contributed by atoms with Gasteiger partial charge < -0.3 is 15.4 Å². The van der Waals surface area contributed by atoms with E-state index in [1.54, 1.807) is 0 Å². The Kier molecular flexibility index (Phi) is 2.16. The Morgan fingerprint density at radius 1 is 1.53 bits per heavy atom. The normalized spacial score (nSPS) is 17.0. The van der Waals surface area contributed by atoms with Crippen LogP contribution in [-0.2, 0) is 5.54 Å². The van der Waals surface area contributed by atoms with Crippen LogP contribution in [0.3, 0.4) is 0 Å². The first-order valence-electron chi connectivity index (χ1n) is 5.26. The van der Waals surface area contributed by atoms with Crippen LogP contribution in [0, 0.1) is 0 Å². The summed E-state index contributed by atoms with van der Waals surface area (Å²) in [4.78, 5) is 18.4. The van der Waals surface area contributed by atoms with Crippen molar-refractivity contribution in [1.82, 2.24) is 15.3 Å². The summed E-state index contributed by atoms with van der Waals surface area (Å²) in [5, 5.41) is 11.3. The summed E-state index contributed by atoms with van der Waals surface area (Å²) in [6.45, 7) is 0. The van der Waals surface area contributed by atoms with Crippen molar-refractivity contribution in [2.75, 3.05) is 0 Å². The van der Waals surface area contributed by atoms with E-state index in [9.17, 15) is 4.79 Å². The molecule has 3 rings (SSSR count). The van der Waals surface area contributed by atoms with Crippen LogP contribution < -0.4 is 5.32 Å². The van der Waals surface area contributed by atoms with E-state index in [4.69, 9.17) is 5.11 Å². The molecule has 1 fully saturated rings. The Morgan fingerprint density at radius 3 is 2.94 bits per heavy atom. The Bertz CT molecular complexity index is 604. The second-order valence-corrected chi connectivity index (χ2v) is 5.17. The first-order chi connectivity index (χ1) is 8.09. The zero-order valence-corrected chi connectivity index (χ0v) is 10.4. The third kappa shape index (κ3) is 1.78. The molecule has 2 aromatic rings. The van der Waals surface area contributed by atoms with Gasteiger partial charge >= 0.3 is 6.09 Å². The molecule has 0 atom stereocenters. The van der Waals surface area contributed by atoms with Gasteiger partial charge in [-0.25, -0.2) is 9.78 Å². The lowest BCUT2D eigenvalue weighted by Gasteiger charge is -2.11. The van der Waals surface area contributed by atoms with Gasteiger partial charge in [-0.15, -0.1) is 0 Å². The number of fused-ring (bicyclic) bond motifs is 1. The molecule has 0 spiro atoms. The number of aromatic amines is 1. The molecule has 0 bridgehead atoms. The zero-order chi connectivity index (χ0) is 12.0. The molecule has 1 heterocycles. The average Bonchev–Trinajstić information content (AvgIpc) is 2.90. The summed E-state index contributed by atoms with van der Waals surface area (Å²) in [7, 11) is 0. The molecule has 5 nitrogen and oxygen atoms in total. The average molecular weight is 296 g/mol. The molecule has 3 N–H and O–H groups in total. The number of halogens is 1. The van der Waals surface area contributed by atoms with Crippen molar-refractivity contribution >= 4 is 33.1 Å². The second-order valence-electron chi connectivity index (χ2n) is 4.26. The largest absolute Gasteiger partial charge is 0.465 e. The molecule has 0 aliphatic heterocycles. The molecular formula is C11H10BrN3O2. The molecule has 1 aromatic heterocycles. The number of nitrogens with one attached hydrogen (secondary N) is 2. The standard InChI is InChI=1S/C11H10BrN3O2/c12-6-1-2-7-8(5-6)14-9(13-7)11(3-4-11)15-10(16)17/h1-2,5,15H,3-4H2,(H,13,14)(H,16,17). The number of hydrogen-bond acceptors (Lipinski definition) is 2. The molecule has 1 amide bonds.